The van der Waals surface area contributed by atoms with Crippen molar-refractivity contribution < 1.29 is 23.7 Å². The van der Waals surface area contributed by atoms with Gasteiger partial charge >= 0.3 is 0 Å². The van der Waals surface area contributed by atoms with Crippen LogP contribution in [0.4, 0.5) is 0 Å². The fourth-order valence-electron chi connectivity index (χ4n) is 3.43. The molecule has 0 saturated carbocycles. The minimum Gasteiger partial charge on any atom is -0.408 e. The largest absolute Gasteiger partial charge is 0.408 e. The SMILES string of the molecule is COC1C(O[Si](C)(C)C(C)(C)C)C(COCc2ccccc2)O[C@@]1(O)c1ccsc1. The molecular weight excluding hydrogens is 416 g/mol. The highest BCUT2D eigenvalue weighted by Gasteiger charge is 2.58. The van der Waals surface area contributed by atoms with Crippen LogP contribution in [-0.2, 0) is 31.0 Å². The molecule has 2 aromatic rings. The van der Waals surface area contributed by atoms with Gasteiger partial charge in [-0.25, -0.2) is 0 Å². The van der Waals surface area contributed by atoms with Crippen LogP contribution in [0.15, 0.2) is 47.2 Å². The Morgan fingerprint density at radius 2 is 1.87 bits per heavy atom. The van der Waals surface area contributed by atoms with Crippen molar-refractivity contribution in [3.05, 3.63) is 58.3 Å². The van der Waals surface area contributed by atoms with Crippen molar-refractivity contribution >= 4 is 19.7 Å². The van der Waals surface area contributed by atoms with Crippen LogP contribution in [0.2, 0.25) is 18.1 Å². The van der Waals surface area contributed by atoms with Crippen molar-refractivity contribution in [2.75, 3.05) is 13.7 Å². The van der Waals surface area contributed by atoms with E-state index in [2.05, 4.69) is 33.9 Å². The lowest BCUT2D eigenvalue weighted by molar-refractivity contribution is -0.246. The third-order valence-corrected chi connectivity index (χ3v) is 11.4. The lowest BCUT2D eigenvalue weighted by Crippen LogP contribution is -2.51. The summed E-state index contributed by atoms with van der Waals surface area (Å²) in [5, 5.41) is 15.3. The van der Waals surface area contributed by atoms with Crippen molar-refractivity contribution in [2.45, 2.75) is 69.6 Å². The fraction of sp³-hybridized carbons (Fsp3) is 0.565. The highest BCUT2D eigenvalue weighted by molar-refractivity contribution is 7.08. The molecule has 1 aliphatic rings. The second-order valence-corrected chi connectivity index (χ2v) is 14.9. The standard InChI is InChI=1S/C23H34O5SSi/c1-22(2,3)30(5,6)28-20-19(15-26-14-17-10-8-7-9-11-17)27-23(24,21(20)25-4)18-12-13-29-16-18/h7-13,16,19-21,24H,14-15H2,1-6H3/t19?,20?,21?,23-/m0/s1. The Morgan fingerprint density at radius 1 is 1.17 bits per heavy atom. The zero-order chi connectivity index (χ0) is 22.0. The van der Waals surface area contributed by atoms with Crippen LogP contribution in [-0.4, -0.2) is 45.5 Å². The van der Waals surface area contributed by atoms with E-state index in [9.17, 15) is 5.11 Å². The zero-order valence-electron chi connectivity index (χ0n) is 18.8. The molecule has 166 valence electrons. The van der Waals surface area contributed by atoms with Crippen molar-refractivity contribution in [1.29, 1.82) is 0 Å². The first-order valence-corrected chi connectivity index (χ1v) is 14.2. The van der Waals surface area contributed by atoms with Gasteiger partial charge in [0, 0.05) is 12.7 Å². The first-order chi connectivity index (χ1) is 14.1. The van der Waals surface area contributed by atoms with Crippen LogP contribution in [0.5, 0.6) is 0 Å². The third kappa shape index (κ3) is 4.88. The number of hydrogen-bond donors (Lipinski definition) is 1. The van der Waals surface area contributed by atoms with Gasteiger partial charge in [0.05, 0.1) is 13.2 Å². The summed E-state index contributed by atoms with van der Waals surface area (Å²) < 4.78 is 24.7. The molecule has 1 aromatic heterocycles. The summed E-state index contributed by atoms with van der Waals surface area (Å²) in [6.07, 6.45) is -1.53. The Morgan fingerprint density at radius 3 is 2.43 bits per heavy atom. The number of thiophene rings is 1. The maximum Gasteiger partial charge on any atom is 0.223 e. The molecule has 30 heavy (non-hydrogen) atoms. The van der Waals surface area contributed by atoms with Gasteiger partial charge in [-0.15, -0.1) is 0 Å². The van der Waals surface area contributed by atoms with Gasteiger partial charge in [0.15, 0.2) is 8.32 Å². The molecule has 3 rings (SSSR count). The van der Waals surface area contributed by atoms with Crippen molar-refractivity contribution in [1.82, 2.24) is 0 Å². The summed E-state index contributed by atoms with van der Waals surface area (Å²) in [5.41, 5.74) is 1.78. The van der Waals surface area contributed by atoms with E-state index >= 15 is 0 Å². The Balaban J connectivity index is 1.83. The van der Waals surface area contributed by atoms with E-state index in [1.165, 1.54) is 11.3 Å². The molecule has 7 heteroatoms. The highest BCUT2D eigenvalue weighted by atomic mass is 32.1. The van der Waals surface area contributed by atoms with Gasteiger partial charge in [-0.3, -0.25) is 0 Å². The van der Waals surface area contributed by atoms with Gasteiger partial charge in [0.1, 0.15) is 18.3 Å². The van der Waals surface area contributed by atoms with Crippen LogP contribution >= 0.6 is 11.3 Å². The van der Waals surface area contributed by atoms with Crippen LogP contribution in [0.25, 0.3) is 0 Å². The second-order valence-electron chi connectivity index (χ2n) is 9.36. The van der Waals surface area contributed by atoms with Gasteiger partial charge in [-0.1, -0.05) is 51.1 Å². The third-order valence-electron chi connectivity index (χ3n) is 6.20. The first kappa shape index (κ1) is 23.6. The summed E-state index contributed by atoms with van der Waals surface area (Å²) in [4.78, 5) is 0. The van der Waals surface area contributed by atoms with E-state index < -0.39 is 32.4 Å². The monoisotopic (exact) mass is 450 g/mol. The molecular formula is C23H34O5SSi. The summed E-state index contributed by atoms with van der Waals surface area (Å²) >= 11 is 1.51. The maximum atomic E-state index is 11.5. The van der Waals surface area contributed by atoms with Crippen LogP contribution in [0.1, 0.15) is 31.9 Å². The quantitative estimate of drug-likeness (QED) is 0.579. The molecule has 4 atom stereocenters. The number of aliphatic hydroxyl groups is 1. The van der Waals surface area contributed by atoms with Crippen molar-refractivity contribution in [3.8, 4) is 0 Å². The van der Waals surface area contributed by atoms with Crippen molar-refractivity contribution in [3.63, 3.8) is 0 Å². The van der Waals surface area contributed by atoms with Gasteiger partial charge < -0.3 is 23.7 Å². The molecule has 5 nitrogen and oxygen atoms in total. The number of benzene rings is 1. The Labute approximate surface area is 185 Å². The molecule has 0 bridgehead atoms. The number of methoxy groups -OCH3 is 1. The topological polar surface area (TPSA) is 57.2 Å². The Hall–Kier alpha value is -1.06. The molecule has 0 amide bonds. The lowest BCUT2D eigenvalue weighted by Gasteiger charge is -2.40. The second kappa shape index (κ2) is 9.20. The van der Waals surface area contributed by atoms with E-state index in [-0.39, 0.29) is 5.04 Å². The average Bonchev–Trinajstić information content (AvgIpc) is 3.30. The summed E-state index contributed by atoms with van der Waals surface area (Å²) in [5.74, 6) is -1.57. The summed E-state index contributed by atoms with van der Waals surface area (Å²) in [6.45, 7) is 11.8. The van der Waals surface area contributed by atoms with Gasteiger partial charge in [0.2, 0.25) is 5.79 Å². The molecule has 1 N–H and O–H groups in total. The molecule has 3 unspecified atom stereocenters. The molecule has 0 radical (unpaired) electrons. The van der Waals surface area contributed by atoms with Gasteiger partial charge in [-0.05, 0) is 40.5 Å². The predicted octanol–water partition coefficient (Wildman–Crippen LogP) is 4.91. The number of rotatable bonds is 8. The van der Waals surface area contributed by atoms with Crippen LogP contribution < -0.4 is 0 Å². The van der Waals surface area contributed by atoms with E-state index in [0.717, 1.165) is 5.56 Å². The molecule has 2 heterocycles. The molecule has 1 aliphatic heterocycles. The summed E-state index contributed by atoms with van der Waals surface area (Å²) in [7, 11) is -0.547. The number of hydrogen-bond acceptors (Lipinski definition) is 6. The lowest BCUT2D eigenvalue weighted by atomic mass is 10.00. The minimum atomic E-state index is -2.14. The normalized spacial score (nSPS) is 27.5. The van der Waals surface area contributed by atoms with Crippen LogP contribution in [0.3, 0.4) is 0 Å². The molecule has 1 saturated heterocycles. The number of ether oxygens (including phenoxy) is 3. The Bertz CT molecular complexity index is 790. The maximum absolute atomic E-state index is 11.5. The molecule has 0 aliphatic carbocycles. The molecule has 0 spiro atoms. The average molecular weight is 451 g/mol. The molecule has 1 aromatic carbocycles. The van der Waals surface area contributed by atoms with Crippen molar-refractivity contribution in [2.24, 2.45) is 0 Å². The van der Waals surface area contributed by atoms with E-state index in [1.54, 1.807) is 7.11 Å². The Kier molecular flexibility index (Phi) is 7.24. The zero-order valence-corrected chi connectivity index (χ0v) is 20.6. The van der Waals surface area contributed by atoms with E-state index in [1.807, 2.05) is 47.2 Å². The first-order valence-electron chi connectivity index (χ1n) is 10.3. The van der Waals surface area contributed by atoms with Gasteiger partial charge in [-0.2, -0.15) is 11.3 Å². The van der Waals surface area contributed by atoms with Gasteiger partial charge in [0.25, 0.3) is 0 Å². The smallest absolute Gasteiger partial charge is 0.223 e. The van der Waals surface area contributed by atoms with E-state index in [0.29, 0.717) is 18.8 Å². The van der Waals surface area contributed by atoms with E-state index in [4.69, 9.17) is 18.6 Å². The highest BCUT2D eigenvalue weighted by Crippen LogP contribution is 2.45. The predicted molar refractivity (Wildman–Crippen MR) is 122 cm³/mol. The summed E-state index contributed by atoms with van der Waals surface area (Å²) in [6, 6.07) is 11.9. The minimum absolute atomic E-state index is 0.0177. The molecule has 1 fully saturated rings. The fourth-order valence-corrected chi connectivity index (χ4v) is 5.43. The van der Waals surface area contributed by atoms with Crippen LogP contribution in [0, 0.1) is 0 Å².